The highest BCUT2D eigenvalue weighted by Gasteiger charge is 2.38. The fourth-order valence-corrected chi connectivity index (χ4v) is 4.74. The minimum absolute atomic E-state index is 0.102. The molecule has 14 nitrogen and oxygen atoms in total. The summed E-state index contributed by atoms with van der Waals surface area (Å²) in [5, 5.41) is 11.8. The number of esters is 1. The van der Waals surface area contributed by atoms with E-state index in [9.17, 15) is 24.0 Å². The van der Waals surface area contributed by atoms with Gasteiger partial charge in [0.05, 0.1) is 31.0 Å². The van der Waals surface area contributed by atoms with Crippen LogP contribution in [0.15, 0.2) is 58.8 Å². The van der Waals surface area contributed by atoms with Crippen LogP contribution in [0, 0.1) is 5.92 Å². The number of nitrogens with zero attached hydrogens (tertiary/aromatic N) is 2. The van der Waals surface area contributed by atoms with Gasteiger partial charge in [-0.3, -0.25) is 19.3 Å². The number of halogens is 1. The monoisotopic (exact) mass is 642 g/mol. The van der Waals surface area contributed by atoms with Gasteiger partial charge in [-0.25, -0.2) is 15.0 Å². The number of anilines is 1. The summed E-state index contributed by atoms with van der Waals surface area (Å²) in [6, 6.07) is 9.61. The van der Waals surface area contributed by atoms with Crippen LogP contribution in [0.2, 0.25) is 5.02 Å². The van der Waals surface area contributed by atoms with Crippen LogP contribution in [0.25, 0.3) is 0 Å². The van der Waals surface area contributed by atoms with Gasteiger partial charge in [0.1, 0.15) is 0 Å². The van der Waals surface area contributed by atoms with Crippen LogP contribution in [0.3, 0.4) is 0 Å². The quantitative estimate of drug-likeness (QED) is 0.0993. The number of ether oxygens (including phenoxy) is 3. The van der Waals surface area contributed by atoms with Gasteiger partial charge in [-0.2, -0.15) is 5.10 Å². The zero-order valence-corrected chi connectivity index (χ0v) is 25.2. The molecule has 5 amide bonds. The first-order valence-electron chi connectivity index (χ1n) is 13.1. The highest BCUT2D eigenvalue weighted by atomic mass is 35.5. The summed E-state index contributed by atoms with van der Waals surface area (Å²) in [5.41, 5.74) is 3.68. The molecule has 0 spiro atoms. The highest BCUT2D eigenvalue weighted by Crippen LogP contribution is 2.34. The first kappa shape index (κ1) is 31.9. The van der Waals surface area contributed by atoms with Crippen molar-refractivity contribution in [2.24, 2.45) is 11.0 Å². The predicted molar refractivity (Wildman–Crippen MR) is 162 cm³/mol. The molecule has 1 saturated heterocycles. The number of rotatable bonds is 10. The van der Waals surface area contributed by atoms with Crippen LogP contribution in [0.5, 0.6) is 11.5 Å². The second kappa shape index (κ2) is 14.0. The molecule has 0 aromatic heterocycles. The third-order valence-corrected chi connectivity index (χ3v) is 6.88. The number of allylic oxidation sites excluding steroid dienone is 1. The third-order valence-electron chi connectivity index (χ3n) is 6.34. The molecule has 2 heterocycles. The number of amides is 5. The van der Waals surface area contributed by atoms with Crippen molar-refractivity contribution in [2.45, 2.75) is 19.9 Å². The van der Waals surface area contributed by atoms with Gasteiger partial charge in [0.25, 0.3) is 11.8 Å². The Labute approximate surface area is 261 Å². The SMILES string of the molecule is CCOC(=O)C1=C(C)NC(=O)N[C@@H]1c1ccc(OCC(=O)N/N=C\[C@@H]2C(=O)NC(=S)N(c3ccc(Cl)cc3)C2=O)c(OC)c1. The van der Waals surface area contributed by atoms with Crippen LogP contribution >= 0.6 is 23.8 Å². The van der Waals surface area contributed by atoms with Gasteiger partial charge in [0.2, 0.25) is 5.91 Å². The maximum absolute atomic E-state index is 13.0. The first-order valence-corrected chi connectivity index (χ1v) is 13.8. The van der Waals surface area contributed by atoms with Gasteiger partial charge in [-0.05, 0) is 68.0 Å². The Balaban J connectivity index is 1.40. The summed E-state index contributed by atoms with van der Waals surface area (Å²) in [7, 11) is 1.38. The number of methoxy groups -OCH3 is 1. The molecule has 44 heavy (non-hydrogen) atoms. The van der Waals surface area contributed by atoms with Gasteiger partial charge < -0.3 is 30.2 Å². The van der Waals surface area contributed by atoms with Gasteiger partial charge in [0, 0.05) is 16.9 Å². The number of carbonyl (C=O) groups is 5. The van der Waals surface area contributed by atoms with E-state index in [1.807, 2.05) is 0 Å². The highest BCUT2D eigenvalue weighted by molar-refractivity contribution is 7.80. The second-order valence-corrected chi connectivity index (χ2v) is 10.0. The van der Waals surface area contributed by atoms with Gasteiger partial charge >= 0.3 is 12.0 Å². The summed E-state index contributed by atoms with van der Waals surface area (Å²) in [4.78, 5) is 63.7. The van der Waals surface area contributed by atoms with Crippen molar-refractivity contribution in [2.75, 3.05) is 25.2 Å². The summed E-state index contributed by atoms with van der Waals surface area (Å²) in [5.74, 6) is -3.62. The molecule has 230 valence electrons. The molecular formula is C28H27ClN6O8S. The lowest BCUT2D eigenvalue weighted by molar-refractivity contribution is -0.139. The topological polar surface area (TPSA) is 177 Å². The van der Waals surface area contributed by atoms with Crippen molar-refractivity contribution in [3.63, 3.8) is 0 Å². The number of hydrazone groups is 1. The number of hydrogen-bond acceptors (Lipinski definition) is 10. The number of hydrogen-bond donors (Lipinski definition) is 4. The summed E-state index contributed by atoms with van der Waals surface area (Å²) in [6.45, 7) is 2.91. The average Bonchev–Trinajstić information content (AvgIpc) is 2.98. The Hall–Kier alpha value is -5.02. The lowest BCUT2D eigenvalue weighted by Crippen LogP contribution is -2.58. The minimum atomic E-state index is -1.36. The number of thiocarbonyl (C=S) groups is 1. The molecule has 4 N–H and O–H groups in total. The number of nitrogens with one attached hydrogen (secondary N) is 4. The second-order valence-electron chi connectivity index (χ2n) is 9.22. The van der Waals surface area contributed by atoms with E-state index in [1.54, 1.807) is 50.2 Å². The zero-order valence-electron chi connectivity index (χ0n) is 23.6. The van der Waals surface area contributed by atoms with Gasteiger partial charge in [-0.1, -0.05) is 17.7 Å². The third kappa shape index (κ3) is 7.12. The zero-order chi connectivity index (χ0) is 32.0. The lowest BCUT2D eigenvalue weighted by Gasteiger charge is -2.30. The molecule has 2 atom stereocenters. The summed E-state index contributed by atoms with van der Waals surface area (Å²) >= 11 is 11.1. The number of urea groups is 1. The van der Waals surface area contributed by atoms with Crippen LogP contribution < -0.4 is 35.7 Å². The van der Waals surface area contributed by atoms with Crippen molar-refractivity contribution in [3.05, 3.63) is 64.3 Å². The summed E-state index contributed by atoms with van der Waals surface area (Å²) in [6.07, 6.45) is 0.986. The normalized spacial score (nSPS) is 18.4. The van der Waals surface area contributed by atoms with Crippen molar-refractivity contribution in [3.8, 4) is 11.5 Å². The average molecular weight is 643 g/mol. The molecule has 0 aliphatic carbocycles. The minimum Gasteiger partial charge on any atom is -0.493 e. The molecule has 2 aliphatic rings. The van der Waals surface area contributed by atoms with Crippen LogP contribution in [-0.4, -0.2) is 61.4 Å². The Morgan fingerprint density at radius 3 is 2.52 bits per heavy atom. The fraction of sp³-hybridized carbons (Fsp3) is 0.250. The molecule has 4 rings (SSSR count). The van der Waals surface area contributed by atoms with Crippen LogP contribution in [0.4, 0.5) is 10.5 Å². The van der Waals surface area contributed by atoms with E-state index in [1.165, 1.54) is 13.2 Å². The van der Waals surface area contributed by atoms with E-state index in [2.05, 4.69) is 26.5 Å². The molecule has 0 bridgehead atoms. The molecule has 2 aliphatic heterocycles. The van der Waals surface area contributed by atoms with Crippen LogP contribution in [-0.2, 0) is 23.9 Å². The molecule has 0 radical (unpaired) electrons. The lowest BCUT2D eigenvalue weighted by atomic mass is 9.95. The smallest absolute Gasteiger partial charge is 0.338 e. The molecule has 0 saturated carbocycles. The van der Waals surface area contributed by atoms with E-state index in [0.29, 0.717) is 22.0 Å². The maximum Gasteiger partial charge on any atom is 0.338 e. The Bertz CT molecular complexity index is 1580. The molecule has 16 heteroatoms. The maximum atomic E-state index is 13.0. The van der Waals surface area contributed by atoms with Gasteiger partial charge in [-0.15, -0.1) is 0 Å². The van der Waals surface area contributed by atoms with Crippen molar-refractivity contribution < 1.29 is 38.2 Å². The van der Waals surface area contributed by atoms with Gasteiger partial charge in [0.15, 0.2) is 29.1 Å². The Kier molecular flexibility index (Phi) is 10.1. The van der Waals surface area contributed by atoms with Crippen molar-refractivity contribution in [1.29, 1.82) is 0 Å². The van der Waals surface area contributed by atoms with E-state index < -0.39 is 48.3 Å². The van der Waals surface area contributed by atoms with Crippen molar-refractivity contribution in [1.82, 2.24) is 21.4 Å². The first-order chi connectivity index (χ1) is 21.0. The Morgan fingerprint density at radius 1 is 1.11 bits per heavy atom. The molecule has 2 aromatic carbocycles. The van der Waals surface area contributed by atoms with Crippen LogP contribution in [0.1, 0.15) is 25.5 Å². The van der Waals surface area contributed by atoms with Crippen molar-refractivity contribution >= 4 is 70.6 Å². The fourth-order valence-electron chi connectivity index (χ4n) is 4.32. The standard InChI is InChI=1S/C28H27ClN6O8S/c1-4-42-26(39)22-14(2)31-27(40)32-23(22)15-5-10-19(20(11-15)41-3)43-13-21(36)34-30-12-18-24(37)33-28(44)35(25(18)38)17-8-6-16(29)7-9-17/h5-12,18,23H,4,13H2,1-3H3,(H,34,36)(H2,31,32,40)(H,33,37,44)/b30-12-/t18-,23-/m1/s1. The molecule has 1 fully saturated rings. The van der Waals surface area contributed by atoms with E-state index in [-0.39, 0.29) is 28.8 Å². The largest absolute Gasteiger partial charge is 0.493 e. The van der Waals surface area contributed by atoms with E-state index >= 15 is 0 Å². The molecule has 0 unspecified atom stereocenters. The van der Waals surface area contributed by atoms with E-state index in [4.69, 9.17) is 38.0 Å². The molecular weight excluding hydrogens is 616 g/mol. The van der Waals surface area contributed by atoms with E-state index in [0.717, 1.165) is 11.1 Å². The summed E-state index contributed by atoms with van der Waals surface area (Å²) < 4.78 is 16.1. The number of benzene rings is 2. The predicted octanol–water partition coefficient (Wildman–Crippen LogP) is 2.08. The number of carbonyl (C=O) groups excluding carboxylic acids is 5. The Morgan fingerprint density at radius 2 is 1.84 bits per heavy atom. The molecule has 2 aromatic rings.